The number of likely N-dealkylation sites (N-methyl/N-ethyl adjacent to an activating group) is 1. The molecule has 31 heavy (non-hydrogen) atoms. The second-order valence-electron chi connectivity index (χ2n) is 6.54. The number of nitrogens with zero attached hydrogens (tertiary/aromatic N) is 2. The highest BCUT2D eigenvalue weighted by atomic mass is 16.6. The SMILES string of the molecule is CNC(=O)[C@@H](C)N(Cc1cccc(OC)c1)C(=O)COc1ccc([N+](=O)[O-])c(OC)c1. The number of carbonyl (C=O) groups excluding carboxylic acids is 2. The number of amides is 2. The van der Waals surface area contributed by atoms with Crippen molar-refractivity contribution in [3.8, 4) is 17.2 Å². The molecule has 2 amide bonds. The number of ether oxygens (including phenoxy) is 3. The van der Waals surface area contributed by atoms with Crippen LogP contribution in [0.4, 0.5) is 5.69 Å². The van der Waals surface area contributed by atoms with Crippen molar-refractivity contribution in [1.82, 2.24) is 10.2 Å². The second-order valence-corrected chi connectivity index (χ2v) is 6.54. The minimum atomic E-state index is -0.751. The Labute approximate surface area is 179 Å². The quantitative estimate of drug-likeness (QED) is 0.452. The first-order chi connectivity index (χ1) is 14.8. The number of hydrogen-bond acceptors (Lipinski definition) is 7. The summed E-state index contributed by atoms with van der Waals surface area (Å²) in [6.07, 6.45) is 0. The first kappa shape index (κ1) is 23.5. The minimum absolute atomic E-state index is 0.0157. The smallest absolute Gasteiger partial charge is 0.311 e. The van der Waals surface area contributed by atoms with Crippen LogP contribution >= 0.6 is 0 Å². The molecule has 10 nitrogen and oxygen atoms in total. The van der Waals surface area contributed by atoms with Crippen LogP contribution in [0.1, 0.15) is 12.5 Å². The predicted molar refractivity (Wildman–Crippen MR) is 112 cm³/mol. The third kappa shape index (κ3) is 6.08. The van der Waals surface area contributed by atoms with Crippen molar-refractivity contribution in [3.05, 3.63) is 58.1 Å². The third-order valence-corrected chi connectivity index (χ3v) is 4.61. The summed E-state index contributed by atoms with van der Waals surface area (Å²) >= 11 is 0. The summed E-state index contributed by atoms with van der Waals surface area (Å²) in [4.78, 5) is 36.9. The summed E-state index contributed by atoms with van der Waals surface area (Å²) in [6.45, 7) is 1.41. The largest absolute Gasteiger partial charge is 0.497 e. The Balaban J connectivity index is 2.18. The van der Waals surface area contributed by atoms with E-state index in [1.807, 2.05) is 6.07 Å². The van der Waals surface area contributed by atoms with Crippen LogP contribution in [-0.4, -0.2) is 55.6 Å². The number of nitrogens with one attached hydrogen (secondary N) is 1. The maximum absolute atomic E-state index is 12.9. The van der Waals surface area contributed by atoms with Crippen LogP contribution in [0.25, 0.3) is 0 Å². The van der Waals surface area contributed by atoms with E-state index in [0.717, 1.165) is 5.56 Å². The number of benzene rings is 2. The van der Waals surface area contributed by atoms with Crippen molar-refractivity contribution in [2.24, 2.45) is 0 Å². The van der Waals surface area contributed by atoms with Gasteiger partial charge in [-0.2, -0.15) is 0 Å². The molecule has 0 aliphatic carbocycles. The van der Waals surface area contributed by atoms with Crippen molar-refractivity contribution in [2.75, 3.05) is 27.9 Å². The Bertz CT molecular complexity index is 948. The van der Waals surface area contributed by atoms with Crippen LogP contribution in [0.15, 0.2) is 42.5 Å². The van der Waals surface area contributed by atoms with E-state index in [0.29, 0.717) is 5.75 Å². The van der Waals surface area contributed by atoms with E-state index in [1.165, 1.54) is 37.3 Å². The lowest BCUT2D eigenvalue weighted by Crippen LogP contribution is -2.48. The zero-order valence-electron chi connectivity index (χ0n) is 17.8. The molecule has 1 atom stereocenters. The van der Waals surface area contributed by atoms with Gasteiger partial charge in [-0.1, -0.05) is 12.1 Å². The summed E-state index contributed by atoms with van der Waals surface area (Å²) in [5.41, 5.74) is 0.564. The monoisotopic (exact) mass is 431 g/mol. The first-order valence-electron chi connectivity index (χ1n) is 9.40. The van der Waals surface area contributed by atoms with Gasteiger partial charge in [-0.05, 0) is 30.7 Å². The molecule has 0 spiro atoms. The van der Waals surface area contributed by atoms with Crippen LogP contribution < -0.4 is 19.5 Å². The van der Waals surface area contributed by atoms with E-state index < -0.39 is 16.9 Å². The van der Waals surface area contributed by atoms with E-state index in [2.05, 4.69) is 5.32 Å². The van der Waals surface area contributed by atoms with E-state index in [9.17, 15) is 19.7 Å². The van der Waals surface area contributed by atoms with Gasteiger partial charge < -0.3 is 24.4 Å². The van der Waals surface area contributed by atoms with Gasteiger partial charge in [0.1, 0.15) is 17.5 Å². The molecule has 0 bridgehead atoms. The molecule has 0 aliphatic rings. The average Bonchev–Trinajstić information content (AvgIpc) is 2.79. The highest BCUT2D eigenvalue weighted by Gasteiger charge is 2.26. The fourth-order valence-electron chi connectivity index (χ4n) is 2.89. The Morgan fingerprint density at radius 3 is 2.48 bits per heavy atom. The average molecular weight is 431 g/mol. The molecule has 1 N–H and O–H groups in total. The number of methoxy groups -OCH3 is 2. The molecule has 0 heterocycles. The summed E-state index contributed by atoms with van der Waals surface area (Å²) in [5, 5.41) is 13.5. The molecule has 2 aromatic carbocycles. The summed E-state index contributed by atoms with van der Waals surface area (Å²) < 4.78 is 15.7. The number of carbonyl (C=O) groups is 2. The molecule has 166 valence electrons. The molecule has 0 saturated heterocycles. The summed E-state index contributed by atoms with van der Waals surface area (Å²) in [5.74, 6) is 0.114. The highest BCUT2D eigenvalue weighted by molar-refractivity contribution is 5.87. The third-order valence-electron chi connectivity index (χ3n) is 4.61. The lowest BCUT2D eigenvalue weighted by molar-refractivity contribution is -0.385. The molecule has 2 rings (SSSR count). The number of nitro benzene ring substituents is 1. The van der Waals surface area contributed by atoms with Crippen molar-refractivity contribution in [1.29, 1.82) is 0 Å². The Hall–Kier alpha value is -3.82. The molecular formula is C21H25N3O7. The normalized spacial score (nSPS) is 11.2. The van der Waals surface area contributed by atoms with Crippen molar-refractivity contribution in [3.63, 3.8) is 0 Å². The van der Waals surface area contributed by atoms with E-state index in [4.69, 9.17) is 14.2 Å². The van der Waals surface area contributed by atoms with Crippen LogP contribution in [-0.2, 0) is 16.1 Å². The van der Waals surface area contributed by atoms with Gasteiger partial charge in [0.25, 0.3) is 5.91 Å². The second kappa shape index (κ2) is 10.8. The number of hydrogen-bond donors (Lipinski definition) is 1. The lowest BCUT2D eigenvalue weighted by Gasteiger charge is -2.28. The van der Waals surface area contributed by atoms with Gasteiger partial charge in [0.15, 0.2) is 6.61 Å². The Morgan fingerprint density at radius 2 is 1.87 bits per heavy atom. The standard InChI is InChI=1S/C21H25N3O7/c1-14(21(26)22-2)23(12-15-6-5-7-16(10-15)29-3)20(25)13-31-17-8-9-18(24(27)28)19(11-17)30-4/h5-11,14H,12-13H2,1-4H3,(H,22,26)/t14-/m1/s1. The van der Waals surface area contributed by atoms with E-state index in [1.54, 1.807) is 32.2 Å². The molecule has 2 aromatic rings. The molecular weight excluding hydrogens is 406 g/mol. The summed E-state index contributed by atoms with van der Waals surface area (Å²) in [7, 11) is 4.34. The molecule has 0 aromatic heterocycles. The van der Waals surface area contributed by atoms with E-state index >= 15 is 0 Å². The fraction of sp³-hybridized carbons (Fsp3) is 0.333. The molecule has 0 unspecified atom stereocenters. The molecule has 10 heteroatoms. The van der Waals surface area contributed by atoms with Crippen molar-refractivity contribution in [2.45, 2.75) is 19.5 Å². The predicted octanol–water partition coefficient (Wildman–Crippen LogP) is 2.15. The van der Waals surface area contributed by atoms with E-state index in [-0.39, 0.29) is 36.2 Å². The topological polar surface area (TPSA) is 120 Å². The fourth-order valence-corrected chi connectivity index (χ4v) is 2.89. The van der Waals surface area contributed by atoms with Gasteiger partial charge in [0.05, 0.1) is 19.1 Å². The molecule has 0 aliphatic heterocycles. The Morgan fingerprint density at radius 1 is 1.13 bits per heavy atom. The Kier molecular flexibility index (Phi) is 8.18. The maximum atomic E-state index is 12.9. The number of nitro groups is 1. The van der Waals surface area contributed by atoms with Gasteiger partial charge in [-0.25, -0.2) is 0 Å². The van der Waals surface area contributed by atoms with Gasteiger partial charge >= 0.3 is 5.69 Å². The molecule has 0 radical (unpaired) electrons. The summed E-state index contributed by atoms with van der Waals surface area (Å²) in [6, 6.07) is 10.4. The van der Waals surface area contributed by atoms with Crippen LogP contribution in [0.2, 0.25) is 0 Å². The molecule has 0 fully saturated rings. The van der Waals surface area contributed by atoms with Crippen LogP contribution in [0.5, 0.6) is 17.2 Å². The number of rotatable bonds is 10. The van der Waals surface area contributed by atoms with Crippen LogP contribution in [0, 0.1) is 10.1 Å². The minimum Gasteiger partial charge on any atom is -0.497 e. The van der Waals surface area contributed by atoms with Crippen molar-refractivity contribution < 1.29 is 28.7 Å². The van der Waals surface area contributed by atoms with Gasteiger partial charge in [0.2, 0.25) is 11.7 Å². The van der Waals surface area contributed by atoms with Gasteiger partial charge in [-0.3, -0.25) is 19.7 Å². The zero-order valence-corrected chi connectivity index (χ0v) is 17.8. The van der Waals surface area contributed by atoms with Gasteiger partial charge in [0, 0.05) is 25.7 Å². The van der Waals surface area contributed by atoms with Crippen LogP contribution in [0.3, 0.4) is 0 Å². The first-order valence-corrected chi connectivity index (χ1v) is 9.40. The lowest BCUT2D eigenvalue weighted by atomic mass is 10.1. The zero-order chi connectivity index (χ0) is 23.0. The maximum Gasteiger partial charge on any atom is 0.311 e. The molecule has 0 saturated carbocycles. The van der Waals surface area contributed by atoms with Gasteiger partial charge in [-0.15, -0.1) is 0 Å². The van der Waals surface area contributed by atoms with Crippen molar-refractivity contribution >= 4 is 17.5 Å². The highest BCUT2D eigenvalue weighted by Crippen LogP contribution is 2.30.